The average molecular weight is 663 g/mol. The highest BCUT2D eigenvalue weighted by atomic mass is 19.4. The predicted octanol–water partition coefficient (Wildman–Crippen LogP) is 5.74. The molecule has 0 unspecified atom stereocenters. The number of carbonyl (C=O) groups is 2. The van der Waals surface area contributed by atoms with Crippen LogP contribution >= 0.6 is 0 Å². The Hall–Kier alpha value is -5.02. The van der Waals surface area contributed by atoms with Crippen molar-refractivity contribution in [2.75, 3.05) is 50.7 Å². The van der Waals surface area contributed by atoms with E-state index in [1.165, 1.54) is 25.3 Å². The molecule has 0 radical (unpaired) electrons. The van der Waals surface area contributed by atoms with Gasteiger partial charge in [0.1, 0.15) is 22.7 Å². The van der Waals surface area contributed by atoms with Crippen molar-refractivity contribution in [1.29, 1.82) is 0 Å². The lowest BCUT2D eigenvalue weighted by atomic mass is 10.2. The van der Waals surface area contributed by atoms with Gasteiger partial charge in [-0.15, -0.1) is 0 Å². The maximum Gasteiger partial charge on any atom is 0.422 e. The van der Waals surface area contributed by atoms with Gasteiger partial charge in [-0.1, -0.05) is 12.1 Å². The molecule has 47 heavy (non-hydrogen) atoms. The van der Waals surface area contributed by atoms with E-state index in [0.29, 0.717) is 44.0 Å². The maximum atomic E-state index is 12.9. The summed E-state index contributed by atoms with van der Waals surface area (Å²) in [5.41, 5.74) is 0.601. The number of esters is 1. The van der Waals surface area contributed by atoms with Gasteiger partial charge >= 0.3 is 24.2 Å². The van der Waals surface area contributed by atoms with Crippen molar-refractivity contribution >= 4 is 29.6 Å². The minimum Gasteiger partial charge on any atom is -0.494 e. The van der Waals surface area contributed by atoms with E-state index in [1.807, 2.05) is 12.1 Å². The smallest absolute Gasteiger partial charge is 0.422 e. The molecule has 0 saturated heterocycles. The lowest BCUT2D eigenvalue weighted by molar-refractivity contribution is -0.154. The Kier molecular flexibility index (Phi) is 11.5. The molecule has 1 aromatic heterocycles. The zero-order valence-corrected chi connectivity index (χ0v) is 26.5. The zero-order chi connectivity index (χ0) is 34.0. The van der Waals surface area contributed by atoms with E-state index in [9.17, 15) is 22.8 Å². The lowest BCUT2D eigenvalue weighted by Gasteiger charge is -2.27. The number of benzene rings is 2. The average Bonchev–Trinajstić information content (AvgIpc) is 3.00. The van der Waals surface area contributed by atoms with E-state index in [0.717, 1.165) is 5.56 Å². The molecule has 254 valence electrons. The monoisotopic (exact) mass is 662 g/mol. The SMILES string of the molecule is COC(=O)c1ccc2cc1OCCCN(C(=O)OC(C)(C)C)CCCOc1ccc(cc1)CNc1nc(nc(OCC(F)(F)F)n1)N2. The lowest BCUT2D eigenvalue weighted by Crippen LogP contribution is -2.38. The van der Waals surface area contributed by atoms with Crippen LogP contribution in [0.25, 0.3) is 0 Å². The molecule has 3 heterocycles. The first kappa shape index (κ1) is 34.8. The van der Waals surface area contributed by atoms with Gasteiger partial charge in [-0.25, -0.2) is 9.59 Å². The van der Waals surface area contributed by atoms with E-state index >= 15 is 0 Å². The van der Waals surface area contributed by atoms with Gasteiger partial charge in [-0.05, 0) is 63.4 Å². The molecule has 6 bridgehead atoms. The summed E-state index contributed by atoms with van der Waals surface area (Å²) in [5, 5.41) is 5.87. The van der Waals surface area contributed by atoms with Crippen LogP contribution in [0.5, 0.6) is 17.5 Å². The highest BCUT2D eigenvalue weighted by Crippen LogP contribution is 2.27. The summed E-state index contributed by atoms with van der Waals surface area (Å²) in [6, 6.07) is 11.1. The van der Waals surface area contributed by atoms with E-state index in [1.54, 1.807) is 37.8 Å². The first-order valence-corrected chi connectivity index (χ1v) is 14.8. The Bertz CT molecular complexity index is 1520. The second kappa shape index (κ2) is 15.5. The fraction of sp³-hybridized carbons (Fsp3) is 0.452. The fourth-order valence-electron chi connectivity index (χ4n) is 4.22. The number of anilines is 3. The van der Waals surface area contributed by atoms with Gasteiger partial charge in [0.25, 0.3) is 0 Å². The topological polar surface area (TPSA) is 146 Å². The van der Waals surface area contributed by atoms with Gasteiger partial charge in [-0.2, -0.15) is 28.1 Å². The summed E-state index contributed by atoms with van der Waals surface area (Å²) >= 11 is 0. The van der Waals surface area contributed by atoms with Gasteiger partial charge in [0.2, 0.25) is 11.9 Å². The van der Waals surface area contributed by atoms with Crippen molar-refractivity contribution in [3.63, 3.8) is 0 Å². The molecule has 0 fully saturated rings. The third kappa shape index (κ3) is 11.4. The molecule has 2 aliphatic rings. The minimum absolute atomic E-state index is 0.0423. The van der Waals surface area contributed by atoms with E-state index in [4.69, 9.17) is 23.7 Å². The van der Waals surface area contributed by atoms with Gasteiger partial charge in [0.15, 0.2) is 6.61 Å². The number of carbonyl (C=O) groups excluding carboxylic acids is 2. The second-order valence-electron chi connectivity index (χ2n) is 11.4. The van der Waals surface area contributed by atoms with Crippen LogP contribution in [0, 0.1) is 0 Å². The Morgan fingerprint density at radius 3 is 2.28 bits per heavy atom. The van der Waals surface area contributed by atoms with Crippen molar-refractivity contribution in [1.82, 2.24) is 19.9 Å². The van der Waals surface area contributed by atoms with Gasteiger partial charge in [0.05, 0.1) is 20.3 Å². The van der Waals surface area contributed by atoms with Crippen molar-refractivity contribution < 1.29 is 46.4 Å². The van der Waals surface area contributed by atoms with Crippen LogP contribution in [0.4, 0.5) is 35.5 Å². The number of hydrogen-bond acceptors (Lipinski definition) is 12. The first-order valence-electron chi connectivity index (χ1n) is 14.8. The number of aromatic nitrogens is 3. The third-order valence-electron chi connectivity index (χ3n) is 6.32. The van der Waals surface area contributed by atoms with Crippen molar-refractivity contribution in [3.05, 3.63) is 53.6 Å². The largest absolute Gasteiger partial charge is 0.494 e. The highest BCUT2D eigenvalue weighted by Gasteiger charge is 2.29. The standard InChI is InChI=1S/C31H37F3N6O7/c1-30(2,3)47-29(42)40-13-5-15-44-22-10-7-20(8-11-22)18-35-26-37-27(39-28(38-26)46-19-31(32,33)34)36-21-9-12-23(25(41)43-4)24(17-21)45-16-6-14-40/h7-12,17H,5-6,13-16,18-19H2,1-4H3,(H2,35,36,37,38,39). The molecule has 3 aromatic rings. The number of hydrogen-bond donors (Lipinski definition) is 2. The number of methoxy groups -OCH3 is 1. The Labute approximate surface area is 269 Å². The quantitative estimate of drug-likeness (QED) is 0.330. The van der Waals surface area contributed by atoms with Gasteiger partial charge in [0, 0.05) is 31.4 Å². The zero-order valence-electron chi connectivity index (χ0n) is 26.5. The van der Waals surface area contributed by atoms with E-state index in [-0.39, 0.29) is 36.4 Å². The van der Waals surface area contributed by atoms with Crippen molar-refractivity contribution in [3.8, 4) is 17.5 Å². The molecule has 0 aliphatic carbocycles. The normalized spacial score (nSPS) is 14.6. The first-order chi connectivity index (χ1) is 22.3. The number of halogens is 3. The van der Waals surface area contributed by atoms with Crippen LogP contribution in [-0.4, -0.2) is 83.7 Å². The van der Waals surface area contributed by atoms with Crippen LogP contribution < -0.4 is 24.8 Å². The molecule has 16 heteroatoms. The number of rotatable bonds is 3. The molecule has 0 spiro atoms. The molecule has 2 N–H and O–H groups in total. The molecule has 2 aliphatic heterocycles. The highest BCUT2D eigenvalue weighted by molar-refractivity contribution is 5.93. The predicted molar refractivity (Wildman–Crippen MR) is 164 cm³/mol. The Balaban J connectivity index is 1.63. The fourth-order valence-corrected chi connectivity index (χ4v) is 4.22. The molecular formula is C31H37F3N6O7. The molecule has 5 rings (SSSR count). The molecule has 2 aromatic carbocycles. The maximum absolute atomic E-state index is 12.9. The summed E-state index contributed by atoms with van der Waals surface area (Å²) in [4.78, 5) is 39.2. The van der Waals surface area contributed by atoms with Crippen LogP contribution in [0.3, 0.4) is 0 Å². The summed E-state index contributed by atoms with van der Waals surface area (Å²) in [7, 11) is 1.23. The Morgan fingerprint density at radius 2 is 1.62 bits per heavy atom. The molecule has 1 amide bonds. The van der Waals surface area contributed by atoms with E-state index in [2.05, 4.69) is 25.6 Å². The van der Waals surface area contributed by atoms with Crippen LogP contribution in [0.15, 0.2) is 42.5 Å². The number of amides is 1. The van der Waals surface area contributed by atoms with Crippen molar-refractivity contribution in [2.45, 2.75) is 51.9 Å². The number of ether oxygens (including phenoxy) is 5. The summed E-state index contributed by atoms with van der Waals surface area (Å²) in [6.45, 7) is 5.12. The number of nitrogens with one attached hydrogen (secondary N) is 2. The van der Waals surface area contributed by atoms with Crippen LogP contribution in [0.1, 0.15) is 49.5 Å². The molecule has 0 saturated carbocycles. The molecular weight excluding hydrogens is 625 g/mol. The van der Waals surface area contributed by atoms with Crippen LogP contribution in [-0.2, 0) is 16.0 Å². The summed E-state index contributed by atoms with van der Waals surface area (Å²) in [5.74, 6) is -0.0457. The molecule has 0 atom stereocenters. The second-order valence-corrected chi connectivity index (χ2v) is 11.4. The summed E-state index contributed by atoms with van der Waals surface area (Å²) < 4.78 is 65.7. The van der Waals surface area contributed by atoms with Crippen LogP contribution in [0.2, 0.25) is 0 Å². The Morgan fingerprint density at radius 1 is 0.936 bits per heavy atom. The van der Waals surface area contributed by atoms with E-state index < -0.39 is 36.5 Å². The number of nitrogens with zero attached hydrogens (tertiary/aromatic N) is 4. The number of alkyl halides is 3. The number of fused-ring (bicyclic) bond motifs is 11. The third-order valence-corrected chi connectivity index (χ3v) is 6.32. The van der Waals surface area contributed by atoms with Gasteiger partial charge in [-0.3, -0.25) is 0 Å². The summed E-state index contributed by atoms with van der Waals surface area (Å²) in [6.07, 6.45) is -4.16. The van der Waals surface area contributed by atoms with Gasteiger partial charge < -0.3 is 39.2 Å². The minimum atomic E-state index is -4.61. The van der Waals surface area contributed by atoms with Crippen molar-refractivity contribution in [2.24, 2.45) is 0 Å². The molecule has 13 nitrogen and oxygen atoms in total.